The lowest BCUT2D eigenvalue weighted by molar-refractivity contribution is 0.0861. The van der Waals surface area contributed by atoms with Gasteiger partial charge in [0.2, 0.25) is 0 Å². The molecule has 0 aliphatic rings. The quantitative estimate of drug-likeness (QED) is 0.705. The molecule has 5 heteroatoms. The molecule has 0 spiro atoms. The van der Waals surface area contributed by atoms with Crippen molar-refractivity contribution >= 4 is 0 Å². The van der Waals surface area contributed by atoms with E-state index in [9.17, 15) is 19.0 Å². The van der Waals surface area contributed by atoms with Gasteiger partial charge >= 0.3 is 0 Å². The van der Waals surface area contributed by atoms with Gasteiger partial charge in [-0.15, -0.1) is 0 Å². The monoisotopic (exact) mass is 245 g/mol. The fraction of sp³-hybridized carbons (Fsp3) is 0.500. The zero-order valence-electron chi connectivity index (χ0n) is 9.71. The smallest absolute Gasteiger partial charge is 0.127 e. The molecule has 3 nitrogen and oxygen atoms in total. The Hall–Kier alpha value is -1.04. The van der Waals surface area contributed by atoms with Crippen LogP contribution < -0.4 is 5.32 Å². The summed E-state index contributed by atoms with van der Waals surface area (Å²) in [6.07, 6.45) is 0.483. The molecule has 0 aliphatic heterocycles. The second-order valence-corrected chi connectivity index (χ2v) is 4.04. The molecule has 1 rings (SSSR count). The predicted molar refractivity (Wildman–Crippen MR) is 60.4 cm³/mol. The van der Waals surface area contributed by atoms with Crippen LogP contribution in [0.5, 0.6) is 0 Å². The van der Waals surface area contributed by atoms with Crippen molar-refractivity contribution in [3.05, 3.63) is 35.4 Å². The Bertz CT molecular complexity index is 359. The molecule has 0 heterocycles. The third-order valence-electron chi connectivity index (χ3n) is 2.94. The van der Waals surface area contributed by atoms with E-state index in [-0.39, 0.29) is 25.3 Å². The van der Waals surface area contributed by atoms with E-state index >= 15 is 0 Å². The summed E-state index contributed by atoms with van der Waals surface area (Å²) in [6.45, 7) is 1.31. The summed E-state index contributed by atoms with van der Waals surface area (Å²) in [4.78, 5) is 0. The second kappa shape index (κ2) is 6.05. The fourth-order valence-electron chi connectivity index (χ4n) is 1.47. The van der Waals surface area contributed by atoms with Gasteiger partial charge in [-0.1, -0.05) is 6.92 Å². The van der Waals surface area contributed by atoms with Gasteiger partial charge in [0, 0.05) is 12.1 Å². The van der Waals surface area contributed by atoms with Crippen LogP contribution in [0.25, 0.3) is 0 Å². The van der Waals surface area contributed by atoms with E-state index in [0.717, 1.165) is 18.2 Å². The zero-order chi connectivity index (χ0) is 12.9. The van der Waals surface area contributed by atoms with Gasteiger partial charge in [-0.2, -0.15) is 0 Å². The summed E-state index contributed by atoms with van der Waals surface area (Å²) in [6, 6.07) is 3.19. The molecule has 0 amide bonds. The first kappa shape index (κ1) is 14.0. The average Bonchev–Trinajstić information content (AvgIpc) is 2.35. The van der Waals surface area contributed by atoms with Crippen LogP contribution in [0.4, 0.5) is 8.78 Å². The van der Waals surface area contributed by atoms with Crippen molar-refractivity contribution in [2.75, 3.05) is 13.2 Å². The van der Waals surface area contributed by atoms with Gasteiger partial charge in [0.1, 0.15) is 11.6 Å². The number of nitrogens with one attached hydrogen (secondary N) is 1. The molecule has 0 unspecified atom stereocenters. The van der Waals surface area contributed by atoms with Crippen LogP contribution in [0, 0.1) is 11.6 Å². The van der Waals surface area contributed by atoms with Gasteiger partial charge in [-0.05, 0) is 24.6 Å². The third-order valence-corrected chi connectivity index (χ3v) is 2.94. The first-order chi connectivity index (χ1) is 8.06. The van der Waals surface area contributed by atoms with Gasteiger partial charge in [-0.25, -0.2) is 8.78 Å². The van der Waals surface area contributed by atoms with Gasteiger partial charge in [0.25, 0.3) is 0 Å². The highest BCUT2D eigenvalue weighted by molar-refractivity contribution is 5.18. The number of benzene rings is 1. The first-order valence-electron chi connectivity index (χ1n) is 5.47. The Morgan fingerprint density at radius 1 is 1.24 bits per heavy atom. The lowest BCUT2D eigenvalue weighted by Crippen LogP contribution is -2.50. The summed E-state index contributed by atoms with van der Waals surface area (Å²) in [7, 11) is 0. The van der Waals surface area contributed by atoms with E-state index in [4.69, 9.17) is 0 Å². The molecule has 0 aliphatic carbocycles. The van der Waals surface area contributed by atoms with Crippen molar-refractivity contribution in [1.29, 1.82) is 0 Å². The van der Waals surface area contributed by atoms with Crippen molar-refractivity contribution in [3.63, 3.8) is 0 Å². The molecular weight excluding hydrogens is 228 g/mol. The maximum Gasteiger partial charge on any atom is 0.127 e. The molecule has 17 heavy (non-hydrogen) atoms. The molecule has 0 aromatic heterocycles. The molecule has 3 N–H and O–H groups in total. The zero-order valence-corrected chi connectivity index (χ0v) is 9.71. The molecule has 0 fully saturated rings. The summed E-state index contributed by atoms with van der Waals surface area (Å²) in [5.74, 6) is -1.03. The highest BCUT2D eigenvalue weighted by Crippen LogP contribution is 2.13. The lowest BCUT2D eigenvalue weighted by atomic mass is 9.98. The number of halogens is 2. The Morgan fingerprint density at radius 3 is 2.41 bits per heavy atom. The van der Waals surface area contributed by atoms with Crippen LogP contribution >= 0.6 is 0 Å². The van der Waals surface area contributed by atoms with E-state index < -0.39 is 17.2 Å². The molecule has 1 aromatic carbocycles. The predicted octanol–water partition coefficient (Wildman–Crippen LogP) is 1.19. The van der Waals surface area contributed by atoms with Gasteiger partial charge in [0.15, 0.2) is 0 Å². The highest BCUT2D eigenvalue weighted by Gasteiger charge is 2.25. The van der Waals surface area contributed by atoms with Crippen LogP contribution in [-0.4, -0.2) is 29.0 Å². The summed E-state index contributed by atoms with van der Waals surface area (Å²) in [5, 5.41) is 21.2. The van der Waals surface area contributed by atoms with Gasteiger partial charge < -0.3 is 15.5 Å². The van der Waals surface area contributed by atoms with Crippen LogP contribution in [0.1, 0.15) is 18.9 Å². The Balaban J connectivity index is 2.75. The van der Waals surface area contributed by atoms with Crippen LogP contribution in [0.3, 0.4) is 0 Å². The standard InChI is InChI=1S/C12H17F2NO2/c1-2-12(7-16,8-17)15-6-9-5-10(13)3-4-11(9)14/h3-5,15-17H,2,6-8H2,1H3. The summed E-state index contributed by atoms with van der Waals surface area (Å²) >= 11 is 0. The van der Waals surface area contributed by atoms with Crippen molar-refractivity contribution < 1.29 is 19.0 Å². The number of aliphatic hydroxyl groups excluding tert-OH is 2. The molecular formula is C12H17F2NO2. The molecule has 96 valence electrons. The molecule has 0 bridgehead atoms. The molecule has 0 saturated carbocycles. The van der Waals surface area contributed by atoms with Crippen LogP contribution in [0.2, 0.25) is 0 Å². The van der Waals surface area contributed by atoms with Crippen LogP contribution in [0.15, 0.2) is 18.2 Å². The fourth-order valence-corrected chi connectivity index (χ4v) is 1.47. The van der Waals surface area contributed by atoms with E-state index in [1.165, 1.54) is 0 Å². The number of hydrogen-bond donors (Lipinski definition) is 3. The number of aliphatic hydroxyl groups is 2. The van der Waals surface area contributed by atoms with Crippen molar-refractivity contribution in [2.24, 2.45) is 0 Å². The first-order valence-corrected chi connectivity index (χ1v) is 5.47. The third kappa shape index (κ3) is 3.46. The minimum absolute atomic E-state index is 0.0541. The van der Waals surface area contributed by atoms with Crippen LogP contribution in [-0.2, 0) is 6.54 Å². The van der Waals surface area contributed by atoms with Gasteiger partial charge in [-0.3, -0.25) is 0 Å². The van der Waals surface area contributed by atoms with Gasteiger partial charge in [0.05, 0.1) is 18.8 Å². The normalized spacial score (nSPS) is 11.8. The minimum Gasteiger partial charge on any atom is -0.394 e. The average molecular weight is 245 g/mol. The minimum atomic E-state index is -0.862. The van der Waals surface area contributed by atoms with E-state index in [1.807, 2.05) is 0 Å². The molecule has 0 atom stereocenters. The largest absolute Gasteiger partial charge is 0.394 e. The number of rotatable bonds is 6. The molecule has 0 radical (unpaired) electrons. The van der Waals surface area contributed by atoms with Crippen molar-refractivity contribution in [3.8, 4) is 0 Å². The van der Waals surface area contributed by atoms with Crippen molar-refractivity contribution in [1.82, 2.24) is 5.32 Å². The summed E-state index contributed by atoms with van der Waals surface area (Å²) < 4.78 is 26.2. The Labute approximate surface area is 99.1 Å². The molecule has 1 aromatic rings. The highest BCUT2D eigenvalue weighted by atomic mass is 19.1. The summed E-state index contributed by atoms with van der Waals surface area (Å²) in [5.41, 5.74) is -0.691. The lowest BCUT2D eigenvalue weighted by Gasteiger charge is -2.30. The maximum atomic E-state index is 13.3. The second-order valence-electron chi connectivity index (χ2n) is 4.04. The SMILES string of the molecule is CCC(CO)(CO)NCc1cc(F)ccc1F. The Morgan fingerprint density at radius 2 is 1.88 bits per heavy atom. The van der Waals surface area contributed by atoms with Crippen molar-refractivity contribution in [2.45, 2.75) is 25.4 Å². The topological polar surface area (TPSA) is 52.5 Å². The molecule has 0 saturated heterocycles. The Kier molecular flexibility index (Phi) is 4.99. The maximum absolute atomic E-state index is 13.3. The van der Waals surface area contributed by atoms with E-state index in [2.05, 4.69) is 5.32 Å². The van der Waals surface area contributed by atoms with E-state index in [1.54, 1.807) is 6.92 Å². The van der Waals surface area contributed by atoms with E-state index in [0.29, 0.717) is 6.42 Å². The number of hydrogen-bond acceptors (Lipinski definition) is 3.